The molecule has 1 fully saturated rings. The summed E-state index contributed by atoms with van der Waals surface area (Å²) >= 11 is 0. The summed E-state index contributed by atoms with van der Waals surface area (Å²) in [5.74, 6) is 0.735. The molecule has 0 radical (unpaired) electrons. The van der Waals surface area contributed by atoms with Crippen LogP contribution in [-0.4, -0.2) is 25.5 Å². The molecular weight excluding hydrogens is 352 g/mol. The van der Waals surface area contributed by atoms with E-state index >= 15 is 0 Å². The molecule has 2 N–H and O–H groups in total. The predicted molar refractivity (Wildman–Crippen MR) is 111 cm³/mol. The SMILES string of the molecule is Cc1c(-c2ccccc2)oc2c(C(=O)NCC3CCCNC3)cccc2c1=O. The highest BCUT2D eigenvalue weighted by atomic mass is 16.3. The summed E-state index contributed by atoms with van der Waals surface area (Å²) in [5.41, 5.74) is 2.00. The van der Waals surface area contributed by atoms with Crippen LogP contribution in [0.4, 0.5) is 0 Å². The van der Waals surface area contributed by atoms with Gasteiger partial charge in [0.25, 0.3) is 5.91 Å². The maximum Gasteiger partial charge on any atom is 0.255 e. The minimum absolute atomic E-state index is 0.105. The molecule has 1 amide bonds. The third-order valence-corrected chi connectivity index (χ3v) is 5.38. The fraction of sp³-hybridized carbons (Fsp3) is 0.304. The zero-order chi connectivity index (χ0) is 19.5. The van der Waals surface area contributed by atoms with Gasteiger partial charge >= 0.3 is 0 Å². The number of piperidine rings is 1. The lowest BCUT2D eigenvalue weighted by molar-refractivity contribution is 0.0945. The first kappa shape index (κ1) is 18.4. The van der Waals surface area contributed by atoms with Crippen LogP contribution in [-0.2, 0) is 0 Å². The predicted octanol–water partition coefficient (Wildman–Crippen LogP) is 3.50. The zero-order valence-electron chi connectivity index (χ0n) is 16.0. The Morgan fingerprint density at radius 1 is 1.18 bits per heavy atom. The average molecular weight is 376 g/mol. The van der Waals surface area contributed by atoms with E-state index in [2.05, 4.69) is 10.6 Å². The number of benzene rings is 2. The van der Waals surface area contributed by atoms with Crippen molar-refractivity contribution in [2.75, 3.05) is 19.6 Å². The number of carbonyl (C=O) groups is 1. The van der Waals surface area contributed by atoms with Crippen molar-refractivity contribution in [2.24, 2.45) is 5.92 Å². The fourth-order valence-corrected chi connectivity index (χ4v) is 3.78. The molecule has 4 rings (SSSR count). The van der Waals surface area contributed by atoms with Gasteiger partial charge in [-0.15, -0.1) is 0 Å². The molecule has 1 aromatic heterocycles. The standard InChI is InChI=1S/C23H24N2O3/c1-15-20(26)18-10-5-11-19(23(27)25-14-16-7-6-12-24-13-16)22(18)28-21(15)17-8-3-2-4-9-17/h2-5,8-11,16,24H,6-7,12-14H2,1H3,(H,25,27). The van der Waals surface area contributed by atoms with Crippen LogP contribution >= 0.6 is 0 Å². The Hall–Kier alpha value is -2.92. The second kappa shape index (κ2) is 7.98. The van der Waals surface area contributed by atoms with Gasteiger partial charge in [0, 0.05) is 17.7 Å². The van der Waals surface area contributed by atoms with Gasteiger partial charge in [0.15, 0.2) is 11.0 Å². The number of para-hydroxylation sites is 1. The van der Waals surface area contributed by atoms with E-state index in [1.807, 2.05) is 30.3 Å². The molecule has 28 heavy (non-hydrogen) atoms. The normalized spacial score (nSPS) is 16.8. The summed E-state index contributed by atoms with van der Waals surface area (Å²) in [4.78, 5) is 25.8. The molecule has 0 saturated carbocycles. The Balaban J connectivity index is 1.71. The van der Waals surface area contributed by atoms with E-state index in [0.29, 0.717) is 40.3 Å². The second-order valence-electron chi connectivity index (χ2n) is 7.36. The van der Waals surface area contributed by atoms with Crippen LogP contribution in [0.5, 0.6) is 0 Å². The van der Waals surface area contributed by atoms with E-state index in [0.717, 1.165) is 31.5 Å². The van der Waals surface area contributed by atoms with Crippen LogP contribution in [0.2, 0.25) is 0 Å². The molecule has 1 saturated heterocycles. The molecule has 1 unspecified atom stereocenters. The summed E-state index contributed by atoms with van der Waals surface area (Å²) in [6.07, 6.45) is 2.23. The molecule has 1 aliphatic heterocycles. The molecular formula is C23H24N2O3. The molecule has 0 aliphatic carbocycles. The van der Waals surface area contributed by atoms with Gasteiger partial charge in [-0.05, 0) is 50.9 Å². The van der Waals surface area contributed by atoms with Crippen LogP contribution in [0.3, 0.4) is 0 Å². The zero-order valence-corrected chi connectivity index (χ0v) is 16.0. The summed E-state index contributed by atoms with van der Waals surface area (Å²) in [6, 6.07) is 14.7. The van der Waals surface area contributed by atoms with Gasteiger partial charge in [0.05, 0.1) is 10.9 Å². The lowest BCUT2D eigenvalue weighted by Gasteiger charge is -2.22. The summed E-state index contributed by atoms with van der Waals surface area (Å²) in [6.45, 7) is 4.34. The van der Waals surface area contributed by atoms with Crippen molar-refractivity contribution in [3.8, 4) is 11.3 Å². The highest BCUT2D eigenvalue weighted by molar-refractivity contribution is 6.05. The second-order valence-corrected chi connectivity index (χ2v) is 7.36. The Labute approximate surface area is 163 Å². The number of carbonyl (C=O) groups excluding carboxylic acids is 1. The Bertz CT molecular complexity index is 1050. The first-order valence-electron chi connectivity index (χ1n) is 9.76. The molecule has 2 aromatic carbocycles. The van der Waals surface area contributed by atoms with E-state index in [-0.39, 0.29) is 11.3 Å². The first-order valence-corrected chi connectivity index (χ1v) is 9.76. The number of amides is 1. The summed E-state index contributed by atoms with van der Waals surface area (Å²) in [5, 5.41) is 6.80. The van der Waals surface area contributed by atoms with Gasteiger partial charge in [0.1, 0.15) is 5.76 Å². The molecule has 1 atom stereocenters. The number of rotatable bonds is 4. The minimum Gasteiger partial charge on any atom is -0.455 e. The van der Waals surface area contributed by atoms with E-state index in [9.17, 15) is 9.59 Å². The topological polar surface area (TPSA) is 71.3 Å². The number of fused-ring (bicyclic) bond motifs is 1. The largest absolute Gasteiger partial charge is 0.455 e. The smallest absolute Gasteiger partial charge is 0.255 e. The van der Waals surface area contributed by atoms with E-state index in [1.54, 1.807) is 25.1 Å². The van der Waals surface area contributed by atoms with E-state index in [1.165, 1.54) is 0 Å². The van der Waals surface area contributed by atoms with Gasteiger partial charge in [0.2, 0.25) is 0 Å². The monoisotopic (exact) mass is 376 g/mol. The van der Waals surface area contributed by atoms with Crippen LogP contribution in [0, 0.1) is 12.8 Å². The molecule has 144 valence electrons. The molecule has 3 aromatic rings. The third-order valence-electron chi connectivity index (χ3n) is 5.38. The van der Waals surface area contributed by atoms with Gasteiger partial charge in [-0.25, -0.2) is 0 Å². The lowest BCUT2D eigenvalue weighted by atomic mass is 9.99. The quantitative estimate of drug-likeness (QED) is 0.731. The summed E-state index contributed by atoms with van der Waals surface area (Å²) < 4.78 is 6.13. The maximum atomic E-state index is 12.9. The molecule has 5 heteroatoms. The van der Waals surface area contributed by atoms with Gasteiger partial charge in [-0.1, -0.05) is 36.4 Å². The van der Waals surface area contributed by atoms with Crippen molar-refractivity contribution in [3.05, 3.63) is 69.9 Å². The van der Waals surface area contributed by atoms with Crippen molar-refractivity contribution in [1.82, 2.24) is 10.6 Å². The molecule has 1 aliphatic rings. The molecule has 0 spiro atoms. The average Bonchev–Trinajstić information content (AvgIpc) is 2.75. The number of hydrogen-bond acceptors (Lipinski definition) is 4. The molecule has 0 bridgehead atoms. The minimum atomic E-state index is -0.206. The van der Waals surface area contributed by atoms with Crippen molar-refractivity contribution >= 4 is 16.9 Å². The lowest BCUT2D eigenvalue weighted by Crippen LogP contribution is -2.38. The Morgan fingerprint density at radius 2 is 2.00 bits per heavy atom. The van der Waals surface area contributed by atoms with Crippen molar-refractivity contribution in [1.29, 1.82) is 0 Å². The van der Waals surface area contributed by atoms with Crippen LogP contribution in [0.15, 0.2) is 57.7 Å². The molecule has 2 heterocycles. The van der Waals surface area contributed by atoms with Crippen LogP contribution in [0.1, 0.15) is 28.8 Å². The van der Waals surface area contributed by atoms with Gasteiger partial charge in [-0.3, -0.25) is 9.59 Å². The van der Waals surface area contributed by atoms with Crippen molar-refractivity contribution in [2.45, 2.75) is 19.8 Å². The third kappa shape index (κ3) is 3.58. The van der Waals surface area contributed by atoms with Gasteiger partial charge in [-0.2, -0.15) is 0 Å². The fourth-order valence-electron chi connectivity index (χ4n) is 3.78. The Morgan fingerprint density at radius 3 is 2.75 bits per heavy atom. The number of nitrogens with one attached hydrogen (secondary N) is 2. The van der Waals surface area contributed by atoms with E-state index < -0.39 is 0 Å². The highest BCUT2D eigenvalue weighted by Crippen LogP contribution is 2.27. The Kier molecular flexibility index (Phi) is 5.26. The van der Waals surface area contributed by atoms with Crippen LogP contribution < -0.4 is 16.1 Å². The summed E-state index contributed by atoms with van der Waals surface area (Å²) in [7, 11) is 0. The number of hydrogen-bond donors (Lipinski definition) is 2. The highest BCUT2D eigenvalue weighted by Gasteiger charge is 2.19. The van der Waals surface area contributed by atoms with Crippen LogP contribution in [0.25, 0.3) is 22.3 Å². The van der Waals surface area contributed by atoms with Gasteiger partial charge < -0.3 is 15.1 Å². The first-order chi connectivity index (χ1) is 13.6. The molecule has 5 nitrogen and oxygen atoms in total. The maximum absolute atomic E-state index is 12.9. The van der Waals surface area contributed by atoms with Crippen molar-refractivity contribution < 1.29 is 9.21 Å². The van der Waals surface area contributed by atoms with E-state index in [4.69, 9.17) is 4.42 Å². The van der Waals surface area contributed by atoms with Crippen molar-refractivity contribution in [3.63, 3.8) is 0 Å².